The van der Waals surface area contributed by atoms with Gasteiger partial charge in [-0.05, 0) is 18.2 Å². The topological polar surface area (TPSA) is 96.8 Å². The molecule has 0 unspecified atom stereocenters. The van der Waals surface area contributed by atoms with E-state index in [4.69, 9.17) is 11.6 Å². The zero-order chi connectivity index (χ0) is 20.3. The number of carbonyl (C=O) groups is 1. The SMILES string of the molecule is C=C(F)C(=O)Nc1ccc(F)c(Nc2nc(Nc3cnn(C)c3)ncc2Cl)c1. The van der Waals surface area contributed by atoms with Crippen LogP contribution in [0.1, 0.15) is 0 Å². The molecule has 0 bridgehead atoms. The number of anilines is 5. The summed E-state index contributed by atoms with van der Waals surface area (Å²) in [5, 5.41) is 12.1. The molecule has 3 aromatic rings. The fourth-order valence-electron chi connectivity index (χ4n) is 2.16. The molecule has 3 N–H and O–H groups in total. The molecule has 0 atom stereocenters. The Kier molecular flexibility index (Phi) is 5.50. The van der Waals surface area contributed by atoms with Gasteiger partial charge >= 0.3 is 0 Å². The van der Waals surface area contributed by atoms with Gasteiger partial charge in [-0.3, -0.25) is 9.48 Å². The summed E-state index contributed by atoms with van der Waals surface area (Å²) in [6.07, 6.45) is 4.64. The van der Waals surface area contributed by atoms with E-state index in [-0.39, 0.29) is 28.2 Å². The van der Waals surface area contributed by atoms with Crippen LogP contribution in [0.5, 0.6) is 0 Å². The van der Waals surface area contributed by atoms with Gasteiger partial charge in [0.05, 0.1) is 23.8 Å². The van der Waals surface area contributed by atoms with Crippen LogP contribution in [0.2, 0.25) is 5.02 Å². The average Bonchev–Trinajstić information content (AvgIpc) is 3.05. The van der Waals surface area contributed by atoms with E-state index in [0.717, 1.165) is 6.07 Å². The molecule has 3 rings (SSSR count). The van der Waals surface area contributed by atoms with Crippen molar-refractivity contribution in [3.8, 4) is 0 Å². The minimum absolute atomic E-state index is 0.0322. The quantitative estimate of drug-likeness (QED) is 0.538. The lowest BCUT2D eigenvalue weighted by Crippen LogP contribution is -2.11. The maximum absolute atomic E-state index is 14.2. The van der Waals surface area contributed by atoms with Crippen LogP contribution in [0.4, 0.5) is 37.6 Å². The van der Waals surface area contributed by atoms with Crippen LogP contribution < -0.4 is 16.0 Å². The van der Waals surface area contributed by atoms with E-state index >= 15 is 0 Å². The lowest BCUT2D eigenvalue weighted by molar-refractivity contribution is -0.114. The highest BCUT2D eigenvalue weighted by Crippen LogP contribution is 2.28. The number of rotatable bonds is 6. The molecule has 0 saturated heterocycles. The van der Waals surface area contributed by atoms with Crippen molar-refractivity contribution in [1.29, 1.82) is 0 Å². The van der Waals surface area contributed by atoms with Gasteiger partial charge in [-0.1, -0.05) is 18.2 Å². The highest BCUT2D eigenvalue weighted by Gasteiger charge is 2.12. The molecule has 1 aromatic carbocycles. The van der Waals surface area contributed by atoms with E-state index in [2.05, 4.69) is 37.6 Å². The molecule has 0 radical (unpaired) electrons. The predicted octanol–water partition coefficient (Wildman–Crippen LogP) is 3.91. The number of halogens is 3. The summed E-state index contributed by atoms with van der Waals surface area (Å²) in [6, 6.07) is 3.64. The van der Waals surface area contributed by atoms with Gasteiger partial charge in [-0.15, -0.1) is 0 Å². The molecule has 144 valence electrons. The van der Waals surface area contributed by atoms with Crippen LogP contribution in [0, 0.1) is 5.82 Å². The number of hydrogen-bond acceptors (Lipinski definition) is 6. The Labute approximate surface area is 163 Å². The summed E-state index contributed by atoms with van der Waals surface area (Å²) in [4.78, 5) is 19.6. The molecule has 0 saturated carbocycles. The number of nitrogens with one attached hydrogen (secondary N) is 3. The zero-order valence-electron chi connectivity index (χ0n) is 14.5. The zero-order valence-corrected chi connectivity index (χ0v) is 15.3. The molecule has 8 nitrogen and oxygen atoms in total. The molecular formula is C17H14ClF2N7O. The Morgan fingerprint density at radius 1 is 1.25 bits per heavy atom. The minimum Gasteiger partial charge on any atom is -0.336 e. The number of aromatic nitrogens is 4. The van der Waals surface area contributed by atoms with Crippen LogP contribution in [0.15, 0.2) is 49.2 Å². The van der Waals surface area contributed by atoms with E-state index < -0.39 is 17.6 Å². The second-order valence-electron chi connectivity index (χ2n) is 5.60. The Bertz CT molecular complexity index is 1050. The molecule has 0 aliphatic heterocycles. The number of benzene rings is 1. The van der Waals surface area contributed by atoms with Crippen molar-refractivity contribution in [3.05, 3.63) is 60.0 Å². The van der Waals surface area contributed by atoms with Crippen LogP contribution >= 0.6 is 11.6 Å². The number of carbonyl (C=O) groups excluding carboxylic acids is 1. The normalized spacial score (nSPS) is 10.4. The first-order chi connectivity index (χ1) is 13.3. The molecular weight excluding hydrogens is 392 g/mol. The summed E-state index contributed by atoms with van der Waals surface area (Å²) in [5.41, 5.74) is 0.778. The second kappa shape index (κ2) is 8.01. The molecule has 1 amide bonds. The van der Waals surface area contributed by atoms with Crippen molar-refractivity contribution >= 4 is 46.3 Å². The lowest BCUT2D eigenvalue weighted by Gasteiger charge is -2.12. The molecule has 28 heavy (non-hydrogen) atoms. The second-order valence-corrected chi connectivity index (χ2v) is 6.00. The van der Waals surface area contributed by atoms with Crippen molar-refractivity contribution in [2.75, 3.05) is 16.0 Å². The average molecular weight is 406 g/mol. The Balaban J connectivity index is 1.83. The Hall–Kier alpha value is -3.53. The summed E-state index contributed by atoms with van der Waals surface area (Å²) in [7, 11) is 1.76. The van der Waals surface area contributed by atoms with Crippen LogP contribution in [0.3, 0.4) is 0 Å². The molecule has 0 spiro atoms. The van der Waals surface area contributed by atoms with Gasteiger partial charge < -0.3 is 16.0 Å². The van der Waals surface area contributed by atoms with Crippen molar-refractivity contribution in [2.24, 2.45) is 7.05 Å². The number of amides is 1. The fraction of sp³-hybridized carbons (Fsp3) is 0.0588. The number of hydrogen-bond donors (Lipinski definition) is 3. The van der Waals surface area contributed by atoms with Crippen molar-refractivity contribution in [1.82, 2.24) is 19.7 Å². The molecule has 0 aliphatic rings. The van der Waals surface area contributed by atoms with Gasteiger partial charge in [-0.25, -0.2) is 13.8 Å². The van der Waals surface area contributed by atoms with Crippen molar-refractivity contribution in [2.45, 2.75) is 0 Å². The molecule has 2 heterocycles. The minimum atomic E-state index is -1.16. The van der Waals surface area contributed by atoms with Crippen molar-refractivity contribution < 1.29 is 13.6 Å². The first kappa shape index (κ1) is 19.2. The summed E-state index contributed by atoms with van der Waals surface area (Å²) in [5.74, 6) is -2.49. The fourth-order valence-corrected chi connectivity index (χ4v) is 2.29. The van der Waals surface area contributed by atoms with E-state index in [1.165, 1.54) is 18.3 Å². The Morgan fingerprint density at radius 3 is 2.71 bits per heavy atom. The monoisotopic (exact) mass is 405 g/mol. The van der Waals surface area contributed by atoms with Gasteiger partial charge in [0.15, 0.2) is 11.6 Å². The molecule has 2 aromatic heterocycles. The molecule has 11 heteroatoms. The largest absolute Gasteiger partial charge is 0.336 e. The molecule has 0 fully saturated rings. The highest BCUT2D eigenvalue weighted by molar-refractivity contribution is 6.32. The summed E-state index contributed by atoms with van der Waals surface area (Å²) in [6.45, 7) is 2.90. The maximum atomic E-state index is 14.2. The summed E-state index contributed by atoms with van der Waals surface area (Å²) < 4.78 is 28.6. The van der Waals surface area contributed by atoms with E-state index in [0.29, 0.717) is 5.69 Å². The van der Waals surface area contributed by atoms with Crippen LogP contribution in [-0.2, 0) is 11.8 Å². The van der Waals surface area contributed by atoms with Crippen LogP contribution in [0.25, 0.3) is 0 Å². The molecule has 0 aliphatic carbocycles. The third kappa shape index (κ3) is 4.60. The first-order valence-electron chi connectivity index (χ1n) is 7.82. The van der Waals surface area contributed by atoms with E-state index in [1.54, 1.807) is 24.1 Å². The maximum Gasteiger partial charge on any atom is 0.283 e. The third-order valence-electron chi connectivity index (χ3n) is 3.43. The third-order valence-corrected chi connectivity index (χ3v) is 3.71. The van der Waals surface area contributed by atoms with Gasteiger partial charge in [0, 0.05) is 18.9 Å². The van der Waals surface area contributed by atoms with Gasteiger partial charge in [0.2, 0.25) is 5.95 Å². The van der Waals surface area contributed by atoms with Gasteiger partial charge in [-0.2, -0.15) is 10.1 Å². The lowest BCUT2D eigenvalue weighted by atomic mass is 10.2. The van der Waals surface area contributed by atoms with Crippen molar-refractivity contribution in [3.63, 3.8) is 0 Å². The highest BCUT2D eigenvalue weighted by atomic mass is 35.5. The van der Waals surface area contributed by atoms with E-state index in [1.807, 2.05) is 0 Å². The number of nitrogens with zero attached hydrogens (tertiary/aromatic N) is 4. The standard InChI is InChI=1S/C17H14ClF2N7O/c1-9(19)16(28)23-10-3-4-13(20)14(5-10)25-15-12(18)7-21-17(26-15)24-11-6-22-27(2)8-11/h3-8H,1H2,2H3,(H,23,28)(H2,21,24,25,26). The van der Waals surface area contributed by atoms with E-state index in [9.17, 15) is 13.6 Å². The van der Waals surface area contributed by atoms with Gasteiger partial charge in [0.1, 0.15) is 10.8 Å². The smallest absolute Gasteiger partial charge is 0.283 e. The Morgan fingerprint density at radius 2 is 2.04 bits per heavy atom. The predicted molar refractivity (Wildman–Crippen MR) is 102 cm³/mol. The number of aryl methyl sites for hydroxylation is 1. The van der Waals surface area contributed by atoms with Crippen LogP contribution in [-0.4, -0.2) is 25.7 Å². The van der Waals surface area contributed by atoms with Gasteiger partial charge in [0.25, 0.3) is 5.91 Å². The summed E-state index contributed by atoms with van der Waals surface area (Å²) >= 11 is 6.09. The first-order valence-corrected chi connectivity index (χ1v) is 8.20.